The van der Waals surface area contributed by atoms with Crippen molar-refractivity contribution in [3.05, 3.63) is 94.0 Å². The van der Waals surface area contributed by atoms with Crippen molar-refractivity contribution in [3.63, 3.8) is 0 Å². The van der Waals surface area contributed by atoms with Gasteiger partial charge in [0.2, 0.25) is 0 Å². The van der Waals surface area contributed by atoms with Crippen molar-refractivity contribution in [2.24, 2.45) is 5.92 Å². The summed E-state index contributed by atoms with van der Waals surface area (Å²) in [6.45, 7) is 9.12. The Morgan fingerprint density at radius 2 is 1.37 bits per heavy atom. The summed E-state index contributed by atoms with van der Waals surface area (Å²) >= 11 is 0. The highest BCUT2D eigenvalue weighted by molar-refractivity contribution is 5.65. The fourth-order valence-electron chi connectivity index (χ4n) is 5.10. The van der Waals surface area contributed by atoms with Gasteiger partial charge in [0, 0.05) is 0 Å². The lowest BCUT2D eigenvalue weighted by molar-refractivity contribution is 0.347. The van der Waals surface area contributed by atoms with Gasteiger partial charge in [0.25, 0.3) is 0 Å². The number of aryl methyl sites for hydroxylation is 5. The Kier molecular flexibility index (Phi) is 6.42. The molecule has 0 atom stereocenters. The maximum absolute atomic E-state index is 2.45. The van der Waals surface area contributed by atoms with Crippen LogP contribution in [0.3, 0.4) is 0 Å². The summed E-state index contributed by atoms with van der Waals surface area (Å²) < 4.78 is 0. The van der Waals surface area contributed by atoms with E-state index in [2.05, 4.69) is 88.4 Å². The summed E-state index contributed by atoms with van der Waals surface area (Å²) in [5.74, 6) is 1.70. The molecule has 0 N–H and O–H groups in total. The Hall–Kier alpha value is -2.34. The Morgan fingerprint density at radius 3 is 2.03 bits per heavy atom. The average molecular weight is 397 g/mol. The van der Waals surface area contributed by atoms with Crippen LogP contribution in [0.5, 0.6) is 0 Å². The second-order valence-corrected chi connectivity index (χ2v) is 9.66. The summed E-state index contributed by atoms with van der Waals surface area (Å²) in [7, 11) is 0. The summed E-state index contributed by atoms with van der Waals surface area (Å²) in [6, 6.07) is 23.1. The van der Waals surface area contributed by atoms with E-state index < -0.39 is 0 Å². The van der Waals surface area contributed by atoms with E-state index in [0.717, 1.165) is 24.7 Å². The van der Waals surface area contributed by atoms with Gasteiger partial charge in [-0.2, -0.15) is 0 Å². The van der Waals surface area contributed by atoms with Crippen molar-refractivity contribution in [1.82, 2.24) is 0 Å². The van der Waals surface area contributed by atoms with Gasteiger partial charge in [-0.15, -0.1) is 0 Å². The van der Waals surface area contributed by atoms with Crippen LogP contribution in [-0.4, -0.2) is 0 Å². The lowest BCUT2D eigenvalue weighted by Gasteiger charge is -2.27. The smallest absolute Gasteiger partial charge is 0.0159 e. The van der Waals surface area contributed by atoms with Gasteiger partial charge in [0.1, 0.15) is 0 Å². The zero-order valence-electron chi connectivity index (χ0n) is 19.2. The molecular formula is C30H36. The Labute approximate surface area is 183 Å². The zero-order chi connectivity index (χ0) is 21.1. The standard InChI is InChI=1S/C30H36/c1-21-5-11-27(12-6-21)29-17-16-26(23(3)20-29)15-9-25-10-18-30(24(4)19-25)28-13-7-22(2)8-14-28/h5-6,10-12,16-20,22,28H,7-9,13-15H2,1-4H3. The number of rotatable bonds is 5. The maximum Gasteiger partial charge on any atom is -0.0159 e. The van der Waals surface area contributed by atoms with Crippen LogP contribution >= 0.6 is 0 Å². The van der Waals surface area contributed by atoms with Gasteiger partial charge < -0.3 is 0 Å². The molecule has 0 heterocycles. The molecule has 0 nitrogen and oxygen atoms in total. The molecule has 0 aliphatic heterocycles. The molecule has 1 saturated carbocycles. The first-order valence-corrected chi connectivity index (χ1v) is 11.8. The van der Waals surface area contributed by atoms with Gasteiger partial charge in [-0.05, 0) is 97.2 Å². The molecule has 1 fully saturated rings. The highest BCUT2D eigenvalue weighted by atomic mass is 14.3. The SMILES string of the molecule is Cc1ccc(-c2ccc(CCc3ccc(C4CCC(C)CC4)c(C)c3)c(C)c2)cc1. The first-order valence-electron chi connectivity index (χ1n) is 11.8. The predicted molar refractivity (Wildman–Crippen MR) is 130 cm³/mol. The predicted octanol–water partition coefficient (Wildman–Crippen LogP) is 8.36. The molecule has 4 rings (SSSR count). The van der Waals surface area contributed by atoms with Crippen molar-refractivity contribution < 1.29 is 0 Å². The second kappa shape index (κ2) is 9.21. The highest BCUT2D eigenvalue weighted by Crippen LogP contribution is 2.37. The minimum absolute atomic E-state index is 0.784. The van der Waals surface area contributed by atoms with Gasteiger partial charge in [-0.1, -0.05) is 86.0 Å². The van der Waals surface area contributed by atoms with Gasteiger partial charge >= 0.3 is 0 Å². The molecular weight excluding hydrogens is 360 g/mol. The van der Waals surface area contributed by atoms with Crippen LogP contribution in [-0.2, 0) is 12.8 Å². The van der Waals surface area contributed by atoms with Crippen molar-refractivity contribution in [1.29, 1.82) is 0 Å². The molecule has 30 heavy (non-hydrogen) atoms. The third-order valence-corrected chi connectivity index (χ3v) is 7.20. The fraction of sp³-hybridized carbons (Fsp3) is 0.400. The number of benzene rings is 3. The lowest BCUT2D eigenvalue weighted by atomic mass is 9.78. The fourth-order valence-corrected chi connectivity index (χ4v) is 5.10. The molecule has 1 aliphatic carbocycles. The van der Waals surface area contributed by atoms with E-state index >= 15 is 0 Å². The quantitative estimate of drug-likeness (QED) is 0.406. The molecule has 3 aromatic rings. The van der Waals surface area contributed by atoms with E-state index in [9.17, 15) is 0 Å². The third kappa shape index (κ3) is 4.86. The van der Waals surface area contributed by atoms with E-state index in [1.54, 1.807) is 5.56 Å². The van der Waals surface area contributed by atoms with E-state index in [1.807, 2.05) is 0 Å². The van der Waals surface area contributed by atoms with E-state index in [-0.39, 0.29) is 0 Å². The first kappa shape index (κ1) is 20.9. The van der Waals surface area contributed by atoms with Crippen molar-refractivity contribution in [2.75, 3.05) is 0 Å². The maximum atomic E-state index is 2.45. The molecule has 0 spiro atoms. The summed E-state index contributed by atoms with van der Waals surface area (Å²) in [6.07, 6.45) is 7.75. The Balaban J connectivity index is 1.42. The van der Waals surface area contributed by atoms with Crippen LogP contribution in [0.2, 0.25) is 0 Å². The molecule has 0 radical (unpaired) electrons. The van der Waals surface area contributed by atoms with Crippen molar-refractivity contribution in [2.45, 2.75) is 72.1 Å². The molecule has 0 aromatic heterocycles. The second-order valence-electron chi connectivity index (χ2n) is 9.66. The van der Waals surface area contributed by atoms with Crippen LogP contribution < -0.4 is 0 Å². The van der Waals surface area contributed by atoms with Gasteiger partial charge in [0.05, 0.1) is 0 Å². The van der Waals surface area contributed by atoms with Gasteiger partial charge in [-0.25, -0.2) is 0 Å². The Bertz CT molecular complexity index is 985. The third-order valence-electron chi connectivity index (χ3n) is 7.20. The first-order chi connectivity index (χ1) is 14.5. The van der Waals surface area contributed by atoms with E-state index in [1.165, 1.54) is 64.6 Å². The molecule has 0 unspecified atom stereocenters. The van der Waals surface area contributed by atoms with Crippen molar-refractivity contribution >= 4 is 0 Å². The molecule has 156 valence electrons. The minimum atomic E-state index is 0.784. The lowest BCUT2D eigenvalue weighted by Crippen LogP contribution is -2.12. The van der Waals surface area contributed by atoms with Crippen molar-refractivity contribution in [3.8, 4) is 11.1 Å². The topological polar surface area (TPSA) is 0 Å². The van der Waals surface area contributed by atoms with Gasteiger partial charge in [0.15, 0.2) is 0 Å². The minimum Gasteiger partial charge on any atom is -0.0625 e. The van der Waals surface area contributed by atoms with E-state index in [4.69, 9.17) is 0 Å². The van der Waals surface area contributed by atoms with Crippen LogP contribution in [0.1, 0.15) is 71.9 Å². The summed E-state index contributed by atoms with van der Waals surface area (Å²) in [5, 5.41) is 0. The highest BCUT2D eigenvalue weighted by Gasteiger charge is 2.21. The van der Waals surface area contributed by atoms with Crippen LogP contribution in [0.4, 0.5) is 0 Å². The van der Waals surface area contributed by atoms with E-state index in [0.29, 0.717) is 0 Å². The number of hydrogen-bond donors (Lipinski definition) is 0. The molecule has 1 aliphatic rings. The normalized spacial score (nSPS) is 19.1. The summed E-state index contributed by atoms with van der Waals surface area (Å²) in [5.41, 5.74) is 11.4. The molecule has 0 heteroatoms. The summed E-state index contributed by atoms with van der Waals surface area (Å²) in [4.78, 5) is 0. The zero-order valence-corrected chi connectivity index (χ0v) is 19.2. The monoisotopic (exact) mass is 396 g/mol. The molecule has 0 amide bonds. The van der Waals surface area contributed by atoms with Gasteiger partial charge in [-0.3, -0.25) is 0 Å². The van der Waals surface area contributed by atoms with Crippen LogP contribution in [0.15, 0.2) is 60.7 Å². The Morgan fingerprint density at radius 1 is 0.667 bits per heavy atom. The molecule has 3 aromatic carbocycles. The number of hydrogen-bond acceptors (Lipinski definition) is 0. The average Bonchev–Trinajstić information content (AvgIpc) is 2.74. The van der Waals surface area contributed by atoms with Crippen LogP contribution in [0, 0.1) is 26.7 Å². The largest absolute Gasteiger partial charge is 0.0625 e. The molecule has 0 saturated heterocycles. The molecule has 0 bridgehead atoms. The van der Waals surface area contributed by atoms with Crippen LogP contribution in [0.25, 0.3) is 11.1 Å².